The van der Waals surface area contributed by atoms with Gasteiger partial charge in [-0.15, -0.1) is 0 Å². The van der Waals surface area contributed by atoms with Gasteiger partial charge >= 0.3 is 0 Å². The van der Waals surface area contributed by atoms with Crippen LogP contribution in [0, 0.1) is 0 Å². The van der Waals surface area contributed by atoms with E-state index in [1.807, 2.05) is 13.8 Å². The number of rotatable bonds is 8. The summed E-state index contributed by atoms with van der Waals surface area (Å²) in [6.45, 7) is 17.4. The van der Waals surface area contributed by atoms with Gasteiger partial charge in [0.2, 0.25) is 0 Å². The lowest BCUT2D eigenvalue weighted by Crippen LogP contribution is -2.39. The average molecular weight is 228 g/mol. The molecule has 0 aliphatic carbocycles. The molecule has 0 saturated heterocycles. The Bertz CT molecular complexity index is 200. The molecule has 0 aromatic carbocycles. The predicted octanol–water partition coefficient (Wildman–Crippen LogP) is 2.96. The molecule has 15 heavy (non-hydrogen) atoms. The van der Waals surface area contributed by atoms with Crippen LogP contribution in [0.15, 0.2) is 24.3 Å². The van der Waals surface area contributed by atoms with Crippen LogP contribution in [0.5, 0.6) is 0 Å². The van der Waals surface area contributed by atoms with Crippen LogP contribution in [0.2, 0.25) is 13.1 Å². The monoisotopic (exact) mass is 228 g/mol. The van der Waals surface area contributed by atoms with Crippen LogP contribution >= 0.6 is 0 Å². The molecule has 88 valence electrons. The molecule has 0 unspecified atom stereocenters. The Balaban J connectivity index is 3.66. The highest BCUT2D eigenvalue weighted by Crippen LogP contribution is 2.05. The first kappa shape index (κ1) is 14.6. The zero-order valence-corrected chi connectivity index (χ0v) is 11.6. The van der Waals surface area contributed by atoms with Crippen molar-refractivity contribution in [1.29, 1.82) is 0 Å². The number of hydrogen-bond donors (Lipinski definition) is 0. The van der Waals surface area contributed by atoms with E-state index in [0.717, 1.165) is 23.6 Å². The summed E-state index contributed by atoms with van der Waals surface area (Å²) in [5.74, 6) is 0. The minimum atomic E-state index is -1.36. The summed E-state index contributed by atoms with van der Waals surface area (Å²) >= 11 is 0. The Hall–Kier alpha value is -0.383. The fourth-order valence-electron chi connectivity index (χ4n) is 1.04. The van der Waals surface area contributed by atoms with E-state index in [2.05, 4.69) is 26.3 Å². The van der Waals surface area contributed by atoms with E-state index in [0.29, 0.717) is 13.2 Å². The average Bonchev–Trinajstić information content (AvgIpc) is 2.01. The lowest BCUT2D eigenvalue weighted by atomic mass is 10.4. The molecule has 0 aliphatic rings. The van der Waals surface area contributed by atoms with Crippen LogP contribution in [0.4, 0.5) is 0 Å². The molecule has 0 saturated carbocycles. The Morgan fingerprint density at radius 1 is 0.933 bits per heavy atom. The smallest absolute Gasteiger partial charge is 0.107 e. The Morgan fingerprint density at radius 3 is 1.53 bits per heavy atom. The van der Waals surface area contributed by atoms with E-state index < -0.39 is 8.07 Å². The highest BCUT2D eigenvalue weighted by Gasteiger charge is 2.21. The molecule has 0 spiro atoms. The molecule has 0 heterocycles. The molecule has 0 aromatic heterocycles. The van der Waals surface area contributed by atoms with E-state index in [9.17, 15) is 0 Å². The summed E-state index contributed by atoms with van der Waals surface area (Å²) in [5.41, 5.74) is 2.14. The first-order chi connectivity index (χ1) is 6.83. The second-order valence-corrected chi connectivity index (χ2v) is 9.97. The van der Waals surface area contributed by atoms with Crippen molar-refractivity contribution in [1.82, 2.24) is 0 Å². The molecule has 0 rings (SSSR count). The van der Waals surface area contributed by atoms with Crippen molar-refractivity contribution in [3.05, 3.63) is 24.3 Å². The van der Waals surface area contributed by atoms with Crippen LogP contribution in [0.1, 0.15) is 13.8 Å². The molecule has 0 N–H and O–H groups in total. The highest BCUT2D eigenvalue weighted by atomic mass is 28.3. The zero-order valence-electron chi connectivity index (χ0n) is 10.6. The molecule has 2 nitrogen and oxygen atoms in total. The van der Waals surface area contributed by atoms with Gasteiger partial charge in [-0.3, -0.25) is 0 Å². The van der Waals surface area contributed by atoms with Gasteiger partial charge in [0.05, 0.1) is 13.2 Å². The number of hydrogen-bond acceptors (Lipinski definition) is 2. The maximum absolute atomic E-state index is 5.58. The fourth-order valence-corrected chi connectivity index (χ4v) is 2.44. The predicted molar refractivity (Wildman–Crippen MR) is 68.7 cm³/mol. The largest absolute Gasteiger partial charge is 0.380 e. The topological polar surface area (TPSA) is 18.5 Å². The van der Waals surface area contributed by atoms with Crippen molar-refractivity contribution in [3.63, 3.8) is 0 Å². The third-order valence-electron chi connectivity index (χ3n) is 1.68. The third kappa shape index (κ3) is 9.91. The summed E-state index contributed by atoms with van der Waals surface area (Å²) in [7, 11) is -1.36. The molecule has 0 aromatic rings. The van der Waals surface area contributed by atoms with Crippen LogP contribution in [0.3, 0.4) is 0 Å². The van der Waals surface area contributed by atoms with Crippen molar-refractivity contribution in [2.45, 2.75) is 26.9 Å². The lowest BCUT2D eigenvalue weighted by Gasteiger charge is -2.22. The Kier molecular flexibility index (Phi) is 6.81. The summed E-state index contributed by atoms with van der Waals surface area (Å²) in [4.78, 5) is 0. The molecular weight excluding hydrogens is 204 g/mol. The van der Waals surface area contributed by atoms with Gasteiger partial charge in [-0.2, -0.15) is 0 Å². The molecule has 0 fully saturated rings. The van der Waals surface area contributed by atoms with Gasteiger partial charge in [-0.05, 0) is 13.8 Å². The van der Waals surface area contributed by atoms with Crippen LogP contribution < -0.4 is 0 Å². The van der Waals surface area contributed by atoms with Crippen molar-refractivity contribution in [2.75, 3.05) is 25.7 Å². The zero-order chi connectivity index (χ0) is 11.9. The van der Waals surface area contributed by atoms with Crippen LogP contribution in [0.25, 0.3) is 0 Å². The van der Waals surface area contributed by atoms with Crippen molar-refractivity contribution in [2.24, 2.45) is 0 Å². The van der Waals surface area contributed by atoms with E-state index >= 15 is 0 Å². The maximum Gasteiger partial charge on any atom is 0.107 e. The maximum atomic E-state index is 5.58. The second-order valence-electron chi connectivity index (χ2n) is 5.06. The van der Waals surface area contributed by atoms with Gasteiger partial charge in [0.25, 0.3) is 0 Å². The fraction of sp³-hybridized carbons (Fsp3) is 0.667. The van der Waals surface area contributed by atoms with Gasteiger partial charge in [-0.1, -0.05) is 37.4 Å². The highest BCUT2D eigenvalue weighted by molar-refractivity contribution is 6.77. The molecular formula is C12H24O2Si. The summed E-state index contributed by atoms with van der Waals surface area (Å²) in [5, 5.41) is 0. The first-order valence-corrected chi connectivity index (χ1v) is 8.69. The van der Waals surface area contributed by atoms with E-state index in [4.69, 9.17) is 9.47 Å². The van der Waals surface area contributed by atoms with Gasteiger partial charge < -0.3 is 9.47 Å². The van der Waals surface area contributed by atoms with Gasteiger partial charge in [0.15, 0.2) is 0 Å². The minimum absolute atomic E-state index is 0.664. The molecule has 0 amide bonds. The van der Waals surface area contributed by atoms with Crippen LogP contribution in [-0.2, 0) is 9.47 Å². The molecule has 0 aliphatic heterocycles. The number of ether oxygens (including phenoxy) is 2. The van der Waals surface area contributed by atoms with E-state index in [1.54, 1.807) is 0 Å². The van der Waals surface area contributed by atoms with Gasteiger partial charge in [-0.25, -0.2) is 0 Å². The third-order valence-corrected chi connectivity index (χ3v) is 3.65. The Labute approximate surface area is 95.0 Å². The second kappa shape index (κ2) is 6.98. The van der Waals surface area contributed by atoms with Gasteiger partial charge in [0, 0.05) is 12.5 Å². The summed E-state index contributed by atoms with van der Waals surface area (Å²) in [6.07, 6.45) is 1.66. The lowest BCUT2D eigenvalue weighted by molar-refractivity contribution is 0.173. The molecule has 0 radical (unpaired) electrons. The van der Waals surface area contributed by atoms with E-state index in [1.165, 1.54) is 0 Å². The first-order valence-electron chi connectivity index (χ1n) is 5.28. The molecule has 0 bridgehead atoms. The van der Waals surface area contributed by atoms with Crippen LogP contribution in [-0.4, -0.2) is 33.7 Å². The molecule has 0 atom stereocenters. The van der Waals surface area contributed by atoms with Crippen molar-refractivity contribution >= 4 is 8.07 Å². The summed E-state index contributed by atoms with van der Waals surface area (Å²) in [6, 6.07) is 0. The summed E-state index contributed by atoms with van der Waals surface area (Å²) < 4.78 is 11.2. The minimum Gasteiger partial charge on any atom is -0.380 e. The molecule has 3 heteroatoms. The SMILES string of the molecule is C=C(C)COC[Si](C)(C)COCC(=C)C. The Morgan fingerprint density at radius 2 is 1.27 bits per heavy atom. The van der Waals surface area contributed by atoms with E-state index in [-0.39, 0.29) is 0 Å². The van der Waals surface area contributed by atoms with Crippen molar-refractivity contribution in [3.8, 4) is 0 Å². The standard InChI is InChI=1S/C12H24O2Si/c1-11(2)7-13-9-15(5,6)10-14-8-12(3)4/h1,3,7-10H2,2,4-6H3. The van der Waals surface area contributed by atoms with Crippen molar-refractivity contribution < 1.29 is 9.47 Å². The van der Waals surface area contributed by atoms with Gasteiger partial charge in [0.1, 0.15) is 8.07 Å². The normalized spacial score (nSPS) is 11.5. The quantitative estimate of drug-likeness (QED) is 0.470.